The minimum Gasteiger partial charge on any atom is -0.497 e. The fraction of sp³-hybridized carbons (Fsp3) is 0.316. The molecule has 28 heavy (non-hydrogen) atoms. The summed E-state index contributed by atoms with van der Waals surface area (Å²) in [5.41, 5.74) is 2.84. The van der Waals surface area contributed by atoms with Crippen LogP contribution in [-0.4, -0.2) is 44.7 Å². The predicted molar refractivity (Wildman–Crippen MR) is 105 cm³/mol. The zero-order chi connectivity index (χ0) is 19.9. The molecule has 1 aromatic carbocycles. The van der Waals surface area contributed by atoms with Crippen LogP contribution in [0.1, 0.15) is 22.8 Å². The number of aromatic nitrogens is 5. The van der Waals surface area contributed by atoms with E-state index in [-0.39, 0.29) is 18.4 Å². The standard InChI is InChI=1S/C19H23N7O2/c1-12-10-13(2)22-18(21-12)20-11-17(27)24-19-23-16(25-26-19)9-6-14-4-7-15(28-3)8-5-14/h4-5,7-8,10H,6,9,11H2,1-3H3,(H,20,21,22)(H2,23,24,25,26,27). The van der Waals surface area contributed by atoms with E-state index < -0.39 is 0 Å². The number of carbonyl (C=O) groups is 1. The van der Waals surface area contributed by atoms with Crippen LogP contribution >= 0.6 is 0 Å². The van der Waals surface area contributed by atoms with Gasteiger partial charge in [0, 0.05) is 17.8 Å². The maximum Gasteiger partial charge on any atom is 0.248 e. The molecule has 0 aliphatic carbocycles. The zero-order valence-corrected chi connectivity index (χ0v) is 16.1. The van der Waals surface area contributed by atoms with E-state index in [1.807, 2.05) is 44.2 Å². The van der Waals surface area contributed by atoms with Gasteiger partial charge >= 0.3 is 0 Å². The molecule has 0 atom stereocenters. The molecule has 3 rings (SSSR count). The zero-order valence-electron chi connectivity index (χ0n) is 16.1. The molecule has 0 bridgehead atoms. The molecule has 2 heterocycles. The minimum absolute atomic E-state index is 0.0264. The second kappa shape index (κ2) is 8.94. The molecule has 0 radical (unpaired) electrons. The van der Waals surface area contributed by atoms with Crippen LogP contribution in [-0.2, 0) is 17.6 Å². The van der Waals surface area contributed by atoms with Crippen LogP contribution in [0, 0.1) is 13.8 Å². The van der Waals surface area contributed by atoms with Gasteiger partial charge in [-0.05, 0) is 44.0 Å². The van der Waals surface area contributed by atoms with Gasteiger partial charge in [-0.1, -0.05) is 12.1 Å². The number of nitrogens with zero attached hydrogens (tertiary/aromatic N) is 4. The number of anilines is 2. The maximum absolute atomic E-state index is 12.1. The SMILES string of the molecule is COc1ccc(CCc2nc(NC(=O)CNc3nc(C)cc(C)n3)n[nH]2)cc1. The Morgan fingerprint density at radius 2 is 1.75 bits per heavy atom. The first kappa shape index (κ1) is 19.3. The van der Waals surface area contributed by atoms with Crippen molar-refractivity contribution in [2.24, 2.45) is 0 Å². The summed E-state index contributed by atoms with van der Waals surface area (Å²) in [6.45, 7) is 3.78. The lowest BCUT2D eigenvalue weighted by molar-refractivity contribution is -0.114. The summed E-state index contributed by atoms with van der Waals surface area (Å²) < 4.78 is 5.15. The normalized spacial score (nSPS) is 10.5. The van der Waals surface area contributed by atoms with Gasteiger partial charge in [0.05, 0.1) is 13.7 Å². The Hall–Kier alpha value is -3.49. The lowest BCUT2D eigenvalue weighted by atomic mass is 10.1. The Balaban J connectivity index is 1.47. The predicted octanol–water partition coefficient (Wildman–Crippen LogP) is 2.06. The molecular weight excluding hydrogens is 358 g/mol. The van der Waals surface area contributed by atoms with Crippen LogP contribution < -0.4 is 15.4 Å². The van der Waals surface area contributed by atoms with Gasteiger partial charge in [-0.25, -0.2) is 9.97 Å². The van der Waals surface area contributed by atoms with Gasteiger partial charge in [0.25, 0.3) is 0 Å². The molecule has 0 aliphatic heterocycles. The third kappa shape index (κ3) is 5.50. The lowest BCUT2D eigenvalue weighted by Gasteiger charge is -2.05. The van der Waals surface area contributed by atoms with Gasteiger partial charge < -0.3 is 10.1 Å². The number of amides is 1. The van der Waals surface area contributed by atoms with Gasteiger partial charge in [0.1, 0.15) is 11.6 Å². The summed E-state index contributed by atoms with van der Waals surface area (Å²) in [5, 5.41) is 12.4. The topological polar surface area (TPSA) is 118 Å². The van der Waals surface area contributed by atoms with E-state index in [2.05, 4.69) is 35.8 Å². The third-order valence-electron chi connectivity index (χ3n) is 3.98. The average Bonchev–Trinajstić information content (AvgIpc) is 3.12. The number of carbonyl (C=O) groups excluding carboxylic acids is 1. The first-order valence-electron chi connectivity index (χ1n) is 8.92. The van der Waals surface area contributed by atoms with E-state index in [1.54, 1.807) is 7.11 Å². The van der Waals surface area contributed by atoms with E-state index in [4.69, 9.17) is 4.74 Å². The van der Waals surface area contributed by atoms with Crippen LogP contribution in [0.2, 0.25) is 0 Å². The van der Waals surface area contributed by atoms with Crippen LogP contribution in [0.15, 0.2) is 30.3 Å². The number of hydrogen-bond donors (Lipinski definition) is 3. The molecule has 0 aliphatic rings. The fourth-order valence-electron chi connectivity index (χ4n) is 2.65. The summed E-state index contributed by atoms with van der Waals surface area (Å²) in [6.07, 6.45) is 1.49. The molecule has 0 saturated carbocycles. The van der Waals surface area contributed by atoms with Gasteiger partial charge in [-0.3, -0.25) is 15.2 Å². The summed E-state index contributed by atoms with van der Waals surface area (Å²) in [4.78, 5) is 24.8. The fourth-order valence-corrected chi connectivity index (χ4v) is 2.65. The van der Waals surface area contributed by atoms with Crippen molar-refractivity contribution < 1.29 is 9.53 Å². The number of H-pyrrole nitrogens is 1. The smallest absolute Gasteiger partial charge is 0.248 e. The van der Waals surface area contributed by atoms with Crippen molar-refractivity contribution in [2.75, 3.05) is 24.3 Å². The van der Waals surface area contributed by atoms with Crippen molar-refractivity contribution in [3.05, 3.63) is 53.1 Å². The van der Waals surface area contributed by atoms with E-state index in [1.165, 1.54) is 5.56 Å². The molecule has 9 heteroatoms. The van der Waals surface area contributed by atoms with Crippen LogP contribution in [0.3, 0.4) is 0 Å². The number of benzene rings is 1. The maximum atomic E-state index is 12.1. The second-order valence-corrected chi connectivity index (χ2v) is 6.33. The number of aromatic amines is 1. The van der Waals surface area contributed by atoms with Crippen molar-refractivity contribution >= 4 is 17.8 Å². The Kier molecular flexibility index (Phi) is 6.15. The highest BCUT2D eigenvalue weighted by atomic mass is 16.5. The number of rotatable bonds is 8. The van der Waals surface area contributed by atoms with Crippen molar-refractivity contribution in [3.8, 4) is 5.75 Å². The molecule has 0 fully saturated rings. The number of hydrogen-bond acceptors (Lipinski definition) is 7. The monoisotopic (exact) mass is 381 g/mol. The summed E-state index contributed by atoms with van der Waals surface area (Å²) in [7, 11) is 1.64. The van der Waals surface area contributed by atoms with Gasteiger partial charge in [0.15, 0.2) is 0 Å². The minimum atomic E-state index is -0.275. The first-order valence-corrected chi connectivity index (χ1v) is 8.92. The summed E-state index contributed by atoms with van der Waals surface area (Å²) in [6, 6.07) is 9.74. The highest BCUT2D eigenvalue weighted by Gasteiger charge is 2.09. The number of nitrogens with one attached hydrogen (secondary N) is 3. The van der Waals surface area contributed by atoms with Crippen molar-refractivity contribution in [1.82, 2.24) is 25.1 Å². The Labute approximate surface area is 163 Å². The van der Waals surface area contributed by atoms with Gasteiger partial charge in [-0.15, -0.1) is 5.10 Å². The molecule has 1 amide bonds. The van der Waals surface area contributed by atoms with Crippen LogP contribution in [0.25, 0.3) is 0 Å². The molecule has 2 aromatic heterocycles. The van der Waals surface area contributed by atoms with Crippen molar-refractivity contribution in [1.29, 1.82) is 0 Å². The summed E-state index contributed by atoms with van der Waals surface area (Å²) in [5.74, 6) is 1.93. The Bertz CT molecular complexity index is 917. The molecular formula is C19H23N7O2. The quantitative estimate of drug-likeness (QED) is 0.546. The van der Waals surface area contributed by atoms with Gasteiger partial charge in [-0.2, -0.15) is 4.98 Å². The van der Waals surface area contributed by atoms with E-state index in [0.717, 1.165) is 23.6 Å². The molecule has 146 valence electrons. The second-order valence-electron chi connectivity index (χ2n) is 6.33. The van der Waals surface area contributed by atoms with E-state index in [0.29, 0.717) is 18.2 Å². The van der Waals surface area contributed by atoms with Crippen LogP contribution in [0.4, 0.5) is 11.9 Å². The van der Waals surface area contributed by atoms with Crippen molar-refractivity contribution in [3.63, 3.8) is 0 Å². The van der Waals surface area contributed by atoms with Gasteiger partial charge in [0.2, 0.25) is 17.8 Å². The molecule has 0 spiro atoms. The molecule has 9 nitrogen and oxygen atoms in total. The molecule has 3 N–H and O–H groups in total. The highest BCUT2D eigenvalue weighted by Crippen LogP contribution is 2.13. The third-order valence-corrected chi connectivity index (χ3v) is 3.98. The number of aryl methyl sites for hydroxylation is 4. The van der Waals surface area contributed by atoms with E-state index >= 15 is 0 Å². The first-order chi connectivity index (χ1) is 13.5. The largest absolute Gasteiger partial charge is 0.497 e. The number of ether oxygens (including phenoxy) is 1. The summed E-state index contributed by atoms with van der Waals surface area (Å²) >= 11 is 0. The molecule has 0 saturated heterocycles. The Morgan fingerprint density at radius 3 is 2.43 bits per heavy atom. The van der Waals surface area contributed by atoms with Crippen LogP contribution in [0.5, 0.6) is 5.75 Å². The highest BCUT2D eigenvalue weighted by molar-refractivity contribution is 5.91. The van der Waals surface area contributed by atoms with E-state index in [9.17, 15) is 4.79 Å². The number of methoxy groups -OCH3 is 1. The molecule has 0 unspecified atom stereocenters. The average molecular weight is 381 g/mol. The molecule has 3 aromatic rings. The van der Waals surface area contributed by atoms with Crippen molar-refractivity contribution in [2.45, 2.75) is 26.7 Å². The lowest BCUT2D eigenvalue weighted by Crippen LogP contribution is -2.23. The Morgan fingerprint density at radius 1 is 1.04 bits per heavy atom.